The highest BCUT2D eigenvalue weighted by Gasteiger charge is 2.55. The highest BCUT2D eigenvalue weighted by molar-refractivity contribution is 14.1. The van der Waals surface area contributed by atoms with Crippen LogP contribution in [0.25, 0.3) is 0 Å². The third-order valence-electron chi connectivity index (χ3n) is 6.38. The lowest BCUT2D eigenvalue weighted by molar-refractivity contribution is 0.152. The second-order valence-corrected chi connectivity index (χ2v) is 10.1. The second-order valence-electron chi connectivity index (χ2n) is 8.81. The van der Waals surface area contributed by atoms with Gasteiger partial charge in [-0.2, -0.15) is 0 Å². The van der Waals surface area contributed by atoms with Crippen LogP contribution >= 0.6 is 22.6 Å². The molecule has 2 bridgehead atoms. The van der Waals surface area contributed by atoms with Crippen molar-refractivity contribution in [1.29, 1.82) is 0 Å². The molecule has 0 radical (unpaired) electrons. The zero-order valence-electron chi connectivity index (χ0n) is 14.6. The van der Waals surface area contributed by atoms with E-state index in [2.05, 4.69) is 88.4 Å². The van der Waals surface area contributed by atoms with Crippen LogP contribution in [-0.2, 0) is 5.41 Å². The molecule has 118 valence electrons. The summed E-state index contributed by atoms with van der Waals surface area (Å²) in [5, 5.41) is 0. The number of hydrogen-bond acceptors (Lipinski definition) is 0. The number of fused-ring (bicyclic) bond motifs is 2. The summed E-state index contributed by atoms with van der Waals surface area (Å²) in [6.45, 7) is 14.1. The van der Waals surface area contributed by atoms with E-state index in [1.807, 2.05) is 0 Å². The highest BCUT2D eigenvalue weighted by atomic mass is 127. The van der Waals surface area contributed by atoms with E-state index in [4.69, 9.17) is 0 Å². The van der Waals surface area contributed by atoms with E-state index in [0.717, 1.165) is 5.92 Å². The molecule has 0 spiro atoms. The van der Waals surface area contributed by atoms with Gasteiger partial charge in [0.2, 0.25) is 0 Å². The van der Waals surface area contributed by atoms with Crippen LogP contribution in [0.2, 0.25) is 0 Å². The van der Waals surface area contributed by atoms with Crippen LogP contribution in [-0.4, -0.2) is 0 Å². The van der Waals surface area contributed by atoms with Gasteiger partial charge < -0.3 is 0 Å². The van der Waals surface area contributed by atoms with Crippen LogP contribution in [0.5, 0.6) is 0 Å². The van der Waals surface area contributed by atoms with Crippen molar-refractivity contribution in [2.75, 3.05) is 0 Å². The van der Waals surface area contributed by atoms with E-state index in [9.17, 15) is 0 Å². The summed E-state index contributed by atoms with van der Waals surface area (Å²) >= 11 is 2.32. The molecular formula is C20H31I. The van der Waals surface area contributed by atoms with Crippen molar-refractivity contribution in [2.24, 2.45) is 16.7 Å². The first-order valence-electron chi connectivity index (χ1n) is 8.32. The highest BCUT2D eigenvalue weighted by Crippen LogP contribution is 2.65. The molecule has 0 amide bonds. The molecule has 1 aromatic carbocycles. The van der Waals surface area contributed by atoms with Crippen molar-refractivity contribution in [3.63, 3.8) is 0 Å². The summed E-state index contributed by atoms with van der Waals surface area (Å²) < 4.78 is 1.30. The van der Waals surface area contributed by atoms with Gasteiger partial charge in [-0.15, -0.1) is 0 Å². The minimum absolute atomic E-state index is 0.282. The van der Waals surface area contributed by atoms with E-state index in [-0.39, 0.29) is 5.41 Å². The monoisotopic (exact) mass is 398 g/mol. The molecule has 0 atom stereocenters. The smallest absolute Gasteiger partial charge is 0.0130 e. The Balaban J connectivity index is 0.000000154. The average molecular weight is 398 g/mol. The normalized spacial score (nSPS) is 30.0. The van der Waals surface area contributed by atoms with Crippen LogP contribution in [0.15, 0.2) is 24.3 Å². The Hall–Kier alpha value is -0.0500. The molecule has 2 aliphatic rings. The van der Waals surface area contributed by atoms with Crippen LogP contribution in [0.1, 0.15) is 72.8 Å². The Labute approximate surface area is 145 Å². The number of hydrogen-bond donors (Lipinski definition) is 0. The number of rotatable bonds is 0. The molecule has 3 rings (SSSR count). The van der Waals surface area contributed by atoms with Gasteiger partial charge in [-0.25, -0.2) is 0 Å². The minimum Gasteiger partial charge on any atom is -0.0591 e. The summed E-state index contributed by atoms with van der Waals surface area (Å²) in [5.41, 5.74) is 3.05. The second kappa shape index (κ2) is 5.86. The van der Waals surface area contributed by atoms with Crippen LogP contribution in [0, 0.1) is 20.3 Å². The Morgan fingerprint density at radius 2 is 1.43 bits per heavy atom. The van der Waals surface area contributed by atoms with E-state index in [1.54, 1.807) is 0 Å². The van der Waals surface area contributed by atoms with Gasteiger partial charge in [-0.1, -0.05) is 53.7 Å². The SMILES string of the molecule is CC(C)(C)c1ccc(I)cc1.CC12CCC(CC1)C2(C)C. The lowest BCUT2D eigenvalue weighted by atomic mass is 9.71. The van der Waals surface area contributed by atoms with Crippen molar-refractivity contribution in [2.45, 2.75) is 72.6 Å². The fraction of sp³-hybridized carbons (Fsp3) is 0.700. The third-order valence-corrected chi connectivity index (χ3v) is 7.09. The Bertz CT molecular complexity index is 465. The van der Waals surface area contributed by atoms with Gasteiger partial charge >= 0.3 is 0 Å². The van der Waals surface area contributed by atoms with Gasteiger partial charge in [0.15, 0.2) is 0 Å². The first-order valence-corrected chi connectivity index (χ1v) is 9.40. The molecule has 0 aromatic heterocycles. The van der Waals surface area contributed by atoms with E-state index in [1.165, 1.54) is 34.8 Å². The Morgan fingerprint density at radius 1 is 0.952 bits per heavy atom. The van der Waals surface area contributed by atoms with Crippen LogP contribution in [0.4, 0.5) is 0 Å². The molecule has 0 heterocycles. The van der Waals surface area contributed by atoms with Gasteiger partial charge in [-0.05, 0) is 88.1 Å². The van der Waals surface area contributed by atoms with Crippen molar-refractivity contribution in [1.82, 2.24) is 0 Å². The van der Waals surface area contributed by atoms with Gasteiger partial charge in [-0.3, -0.25) is 0 Å². The Morgan fingerprint density at radius 3 is 1.67 bits per heavy atom. The van der Waals surface area contributed by atoms with Crippen LogP contribution in [0.3, 0.4) is 0 Å². The maximum atomic E-state index is 2.49. The van der Waals surface area contributed by atoms with Gasteiger partial charge in [0.1, 0.15) is 0 Å². The number of benzene rings is 1. The first kappa shape index (κ1) is 17.3. The predicted molar refractivity (Wildman–Crippen MR) is 102 cm³/mol. The van der Waals surface area contributed by atoms with Crippen molar-refractivity contribution < 1.29 is 0 Å². The lowest BCUT2D eigenvalue weighted by Gasteiger charge is -2.34. The fourth-order valence-electron chi connectivity index (χ4n) is 4.06. The van der Waals surface area contributed by atoms with Crippen molar-refractivity contribution in [3.8, 4) is 0 Å². The molecule has 0 aliphatic heterocycles. The predicted octanol–water partition coefficient (Wildman–Crippen LogP) is 6.81. The topological polar surface area (TPSA) is 0 Å². The fourth-order valence-corrected chi connectivity index (χ4v) is 4.42. The molecule has 21 heavy (non-hydrogen) atoms. The summed E-state index contributed by atoms with van der Waals surface area (Å²) in [5.74, 6) is 1.05. The molecule has 1 heteroatoms. The molecular weight excluding hydrogens is 367 g/mol. The summed E-state index contributed by atoms with van der Waals surface area (Å²) in [6, 6.07) is 8.70. The molecule has 0 saturated heterocycles. The van der Waals surface area contributed by atoms with Crippen molar-refractivity contribution >= 4 is 22.6 Å². The molecule has 0 unspecified atom stereocenters. The maximum Gasteiger partial charge on any atom is 0.0130 e. The molecule has 2 fully saturated rings. The van der Waals surface area contributed by atoms with Crippen molar-refractivity contribution in [3.05, 3.63) is 33.4 Å². The van der Waals surface area contributed by atoms with E-state index in [0.29, 0.717) is 10.8 Å². The molecule has 2 aliphatic carbocycles. The summed E-state index contributed by atoms with van der Waals surface area (Å²) in [6.07, 6.45) is 5.99. The molecule has 2 saturated carbocycles. The largest absolute Gasteiger partial charge is 0.0591 e. The molecule has 0 N–H and O–H groups in total. The third kappa shape index (κ3) is 3.48. The first-order chi connectivity index (χ1) is 9.56. The quantitative estimate of drug-likeness (QED) is 0.421. The minimum atomic E-state index is 0.282. The zero-order valence-corrected chi connectivity index (χ0v) is 16.8. The summed E-state index contributed by atoms with van der Waals surface area (Å²) in [7, 11) is 0. The van der Waals surface area contributed by atoms with Gasteiger partial charge in [0.05, 0.1) is 0 Å². The van der Waals surface area contributed by atoms with Gasteiger partial charge in [0, 0.05) is 3.57 Å². The molecule has 0 nitrogen and oxygen atoms in total. The lowest BCUT2D eigenvalue weighted by Crippen LogP contribution is -2.26. The van der Waals surface area contributed by atoms with E-state index < -0.39 is 0 Å². The van der Waals surface area contributed by atoms with E-state index >= 15 is 0 Å². The maximum absolute atomic E-state index is 2.49. The number of halogens is 1. The van der Waals surface area contributed by atoms with Gasteiger partial charge in [0.25, 0.3) is 0 Å². The van der Waals surface area contributed by atoms with Crippen LogP contribution < -0.4 is 0 Å². The average Bonchev–Trinajstić information content (AvgIpc) is 2.73. The standard InChI is InChI=1S/C10H13I.C10H18/c1-10(2,3)8-4-6-9(11)7-5-8;1-9(2)8-4-6-10(9,3)7-5-8/h4-7H,1-3H3;8H,4-7H2,1-3H3. The Kier molecular flexibility index (Phi) is 4.83. The zero-order chi connectivity index (χ0) is 15.9. The summed E-state index contributed by atoms with van der Waals surface area (Å²) in [4.78, 5) is 0. The molecule has 1 aromatic rings.